The maximum Gasteiger partial charge on any atom is 0.416 e. The second-order valence-electron chi connectivity index (χ2n) is 6.10. The van der Waals surface area contributed by atoms with Crippen LogP contribution in [0.25, 0.3) is 21.3 Å². The van der Waals surface area contributed by atoms with E-state index in [0.29, 0.717) is 21.3 Å². The van der Waals surface area contributed by atoms with Gasteiger partial charge in [0.05, 0.1) is 21.3 Å². The van der Waals surface area contributed by atoms with E-state index in [2.05, 4.69) is 15.3 Å². The number of para-hydroxylation sites is 1. The van der Waals surface area contributed by atoms with E-state index in [1.807, 2.05) is 0 Å². The second kappa shape index (κ2) is 7.17. The molecule has 0 aliphatic carbocycles. The molecule has 4 rings (SSSR count). The van der Waals surface area contributed by atoms with Gasteiger partial charge < -0.3 is 5.11 Å². The molecule has 0 bridgehead atoms. The van der Waals surface area contributed by atoms with Crippen molar-refractivity contribution in [2.75, 3.05) is 5.32 Å². The van der Waals surface area contributed by atoms with Crippen molar-refractivity contribution in [2.24, 2.45) is 0 Å². The normalized spacial score (nSPS) is 11.6. The van der Waals surface area contributed by atoms with Crippen molar-refractivity contribution in [1.29, 1.82) is 0 Å². The minimum absolute atomic E-state index is 0.0154. The zero-order chi connectivity index (χ0) is 20.6. The Labute approximate surface area is 166 Å². The van der Waals surface area contributed by atoms with Crippen molar-refractivity contribution in [2.45, 2.75) is 6.18 Å². The predicted molar refractivity (Wildman–Crippen MR) is 104 cm³/mol. The van der Waals surface area contributed by atoms with Crippen molar-refractivity contribution in [3.05, 3.63) is 72.1 Å². The number of fused-ring (bicyclic) bond motifs is 1. The third kappa shape index (κ3) is 3.77. The van der Waals surface area contributed by atoms with Crippen LogP contribution in [0.15, 0.2) is 60.9 Å². The van der Waals surface area contributed by atoms with Crippen molar-refractivity contribution in [1.82, 2.24) is 9.97 Å². The van der Waals surface area contributed by atoms with Crippen molar-refractivity contribution < 1.29 is 23.1 Å². The van der Waals surface area contributed by atoms with Crippen LogP contribution in [-0.4, -0.2) is 21.0 Å². The number of pyridine rings is 1. The van der Waals surface area contributed by atoms with E-state index in [1.165, 1.54) is 12.1 Å². The van der Waals surface area contributed by atoms with Gasteiger partial charge in [-0.05, 0) is 30.3 Å². The average Bonchev–Trinajstić information content (AvgIpc) is 3.09. The topological polar surface area (TPSA) is 75.1 Å². The third-order valence-electron chi connectivity index (χ3n) is 4.19. The summed E-state index contributed by atoms with van der Waals surface area (Å²) in [7, 11) is 0. The van der Waals surface area contributed by atoms with E-state index in [-0.39, 0.29) is 16.4 Å². The maximum absolute atomic E-state index is 12.9. The highest BCUT2D eigenvalue weighted by Gasteiger charge is 2.30. The van der Waals surface area contributed by atoms with Gasteiger partial charge in [-0.25, -0.2) is 4.98 Å². The molecule has 4 aromatic rings. The number of halogens is 3. The Morgan fingerprint density at radius 3 is 2.66 bits per heavy atom. The van der Waals surface area contributed by atoms with Gasteiger partial charge in [-0.2, -0.15) is 13.2 Å². The summed E-state index contributed by atoms with van der Waals surface area (Å²) in [4.78, 5) is 20.8. The number of nitrogens with zero attached hydrogens (tertiary/aromatic N) is 2. The number of hydrogen-bond acceptors (Lipinski definition) is 5. The summed E-state index contributed by atoms with van der Waals surface area (Å²) in [5.74, 6) is -0.846. The van der Waals surface area contributed by atoms with Crippen molar-refractivity contribution in [3.8, 4) is 16.9 Å². The fraction of sp³-hybridized carbons (Fsp3) is 0.0500. The smallest absolute Gasteiger partial charge is 0.416 e. The number of hydrogen-bond donors (Lipinski definition) is 2. The van der Waals surface area contributed by atoms with E-state index in [4.69, 9.17) is 0 Å². The van der Waals surface area contributed by atoms with Crippen molar-refractivity contribution >= 4 is 32.6 Å². The van der Waals surface area contributed by atoms with Gasteiger partial charge in [-0.3, -0.25) is 15.1 Å². The number of nitrogens with one attached hydrogen (secondary N) is 1. The Kier molecular flexibility index (Phi) is 4.67. The molecule has 2 heterocycles. The van der Waals surface area contributed by atoms with Crippen LogP contribution in [0.5, 0.6) is 5.75 Å². The van der Waals surface area contributed by atoms with Gasteiger partial charge in [0.15, 0.2) is 5.13 Å². The molecule has 5 nitrogen and oxygen atoms in total. The lowest BCUT2D eigenvalue weighted by Crippen LogP contribution is -2.12. The number of anilines is 1. The summed E-state index contributed by atoms with van der Waals surface area (Å²) in [5, 5.41) is 13.2. The lowest BCUT2D eigenvalue weighted by molar-refractivity contribution is -0.137. The van der Waals surface area contributed by atoms with Gasteiger partial charge in [0.25, 0.3) is 5.91 Å². The molecule has 0 atom stereocenters. The summed E-state index contributed by atoms with van der Waals surface area (Å²) in [6, 6.07) is 11.3. The lowest BCUT2D eigenvalue weighted by Gasteiger charge is -2.09. The molecule has 1 amide bonds. The van der Waals surface area contributed by atoms with Gasteiger partial charge in [0, 0.05) is 23.5 Å². The van der Waals surface area contributed by atoms with Gasteiger partial charge in [-0.15, -0.1) is 0 Å². The largest absolute Gasteiger partial charge is 0.506 e. The first-order chi connectivity index (χ1) is 13.8. The van der Waals surface area contributed by atoms with Gasteiger partial charge in [0.1, 0.15) is 5.75 Å². The summed E-state index contributed by atoms with van der Waals surface area (Å²) in [6.45, 7) is 0. The number of alkyl halides is 3. The Morgan fingerprint density at radius 1 is 1.10 bits per heavy atom. The molecule has 2 aromatic carbocycles. The molecule has 0 aliphatic rings. The van der Waals surface area contributed by atoms with Gasteiger partial charge in [0.2, 0.25) is 0 Å². The highest BCUT2D eigenvalue weighted by atomic mass is 32.1. The number of carbonyl (C=O) groups excluding carboxylic acids is 1. The molecule has 0 aliphatic heterocycles. The Hall–Kier alpha value is -3.46. The van der Waals surface area contributed by atoms with Crippen LogP contribution in [0.3, 0.4) is 0 Å². The van der Waals surface area contributed by atoms with Crippen LogP contribution >= 0.6 is 11.3 Å². The zero-order valence-electron chi connectivity index (χ0n) is 14.6. The van der Waals surface area contributed by atoms with E-state index in [9.17, 15) is 23.1 Å². The number of aromatic nitrogens is 2. The monoisotopic (exact) mass is 415 g/mol. The maximum atomic E-state index is 12.9. The fourth-order valence-corrected chi connectivity index (χ4v) is 3.70. The van der Waals surface area contributed by atoms with Gasteiger partial charge in [-0.1, -0.05) is 29.5 Å². The summed E-state index contributed by atoms with van der Waals surface area (Å²) >= 11 is 0.922. The van der Waals surface area contributed by atoms with E-state index < -0.39 is 17.6 Å². The zero-order valence-corrected chi connectivity index (χ0v) is 15.4. The molecule has 0 unspecified atom stereocenters. The van der Waals surface area contributed by atoms with E-state index in [1.54, 1.807) is 36.7 Å². The SMILES string of the molecule is O=C(Nc1nc2ccc(C(F)(F)F)cc2s1)c1cccc(-c2cccnc2)c1O. The first-order valence-electron chi connectivity index (χ1n) is 8.34. The molecular weight excluding hydrogens is 403 g/mol. The van der Waals surface area contributed by atoms with E-state index in [0.717, 1.165) is 23.5 Å². The van der Waals surface area contributed by atoms with Crippen LogP contribution in [0, 0.1) is 0 Å². The third-order valence-corrected chi connectivity index (χ3v) is 5.12. The highest BCUT2D eigenvalue weighted by molar-refractivity contribution is 7.22. The fourth-order valence-electron chi connectivity index (χ4n) is 2.80. The number of benzene rings is 2. The summed E-state index contributed by atoms with van der Waals surface area (Å²) < 4.78 is 38.9. The van der Waals surface area contributed by atoms with Crippen LogP contribution in [-0.2, 0) is 6.18 Å². The first kappa shape index (κ1) is 18.9. The van der Waals surface area contributed by atoms with Crippen LogP contribution in [0.4, 0.5) is 18.3 Å². The number of rotatable bonds is 3. The van der Waals surface area contributed by atoms with Crippen LogP contribution < -0.4 is 5.32 Å². The minimum atomic E-state index is -4.46. The summed E-state index contributed by atoms with van der Waals surface area (Å²) in [6.07, 6.45) is -1.31. The molecule has 0 radical (unpaired) electrons. The molecule has 2 N–H and O–H groups in total. The van der Waals surface area contributed by atoms with E-state index >= 15 is 0 Å². The number of carbonyl (C=O) groups is 1. The number of amides is 1. The summed E-state index contributed by atoms with van der Waals surface area (Å²) in [5.41, 5.74) is 0.644. The molecule has 146 valence electrons. The predicted octanol–water partition coefficient (Wildman–Crippen LogP) is 5.34. The molecule has 0 saturated carbocycles. The molecule has 2 aromatic heterocycles. The highest BCUT2D eigenvalue weighted by Crippen LogP contribution is 2.35. The number of phenolic OH excluding ortho intramolecular Hbond substituents is 1. The van der Waals surface area contributed by atoms with Crippen LogP contribution in [0.2, 0.25) is 0 Å². The Balaban J connectivity index is 1.63. The number of thiazole rings is 1. The number of phenols is 1. The minimum Gasteiger partial charge on any atom is -0.506 e. The Bertz CT molecular complexity index is 1210. The molecule has 0 saturated heterocycles. The Morgan fingerprint density at radius 2 is 1.93 bits per heavy atom. The second-order valence-corrected chi connectivity index (χ2v) is 7.13. The molecule has 0 fully saturated rings. The van der Waals surface area contributed by atoms with Crippen molar-refractivity contribution in [3.63, 3.8) is 0 Å². The average molecular weight is 415 g/mol. The molecule has 29 heavy (non-hydrogen) atoms. The quantitative estimate of drug-likeness (QED) is 0.474. The van der Waals surface area contributed by atoms with Crippen LogP contribution in [0.1, 0.15) is 15.9 Å². The standard InChI is InChI=1S/C20H12F3N3O2S/c21-20(22,23)12-6-7-15-16(9-12)29-19(25-15)26-18(28)14-5-1-4-13(17(14)27)11-3-2-8-24-10-11/h1-10,27H,(H,25,26,28). The molecule has 9 heteroatoms. The lowest BCUT2D eigenvalue weighted by atomic mass is 10.0. The number of aromatic hydroxyl groups is 1. The first-order valence-corrected chi connectivity index (χ1v) is 9.16. The van der Waals surface area contributed by atoms with Gasteiger partial charge >= 0.3 is 6.18 Å². The molecule has 0 spiro atoms. The molecular formula is C20H12F3N3O2S.